The molecule has 1 fully saturated rings. The maximum absolute atomic E-state index is 13.1. The lowest BCUT2D eigenvalue weighted by molar-refractivity contribution is -0.125. The van der Waals surface area contributed by atoms with Gasteiger partial charge in [0.05, 0.1) is 17.1 Å². The average molecular weight is 313 g/mol. The van der Waals surface area contributed by atoms with Crippen molar-refractivity contribution in [1.29, 1.82) is 0 Å². The highest BCUT2D eigenvalue weighted by Gasteiger charge is 2.29. The van der Waals surface area contributed by atoms with E-state index in [4.69, 9.17) is 11.6 Å². The van der Waals surface area contributed by atoms with E-state index in [9.17, 15) is 14.0 Å². The maximum Gasteiger partial charge on any atom is 0.237 e. The minimum Gasteiger partial charge on any atom is -0.346 e. The lowest BCUT2D eigenvalue weighted by Crippen LogP contribution is -2.44. The highest BCUT2D eigenvalue weighted by atomic mass is 35.5. The molecule has 6 heteroatoms. The van der Waals surface area contributed by atoms with Gasteiger partial charge in [-0.15, -0.1) is 0 Å². The van der Waals surface area contributed by atoms with Gasteiger partial charge in [-0.1, -0.05) is 17.7 Å². The number of amides is 1. The van der Waals surface area contributed by atoms with E-state index >= 15 is 0 Å². The van der Waals surface area contributed by atoms with Crippen LogP contribution in [0.2, 0.25) is 5.02 Å². The molecule has 0 saturated carbocycles. The highest BCUT2D eigenvalue weighted by molar-refractivity contribution is 6.30. The minimum atomic E-state index is -0.478. The third-order valence-electron chi connectivity index (χ3n) is 3.62. The van der Waals surface area contributed by atoms with Gasteiger partial charge in [-0.2, -0.15) is 0 Å². The average Bonchev–Trinajstić information content (AvgIpc) is 2.91. The summed E-state index contributed by atoms with van der Waals surface area (Å²) in [6.07, 6.45) is 2.12. The summed E-state index contributed by atoms with van der Waals surface area (Å²) in [5, 5.41) is 5.90. The van der Waals surface area contributed by atoms with Gasteiger partial charge in [0, 0.05) is 0 Å². The van der Waals surface area contributed by atoms with Crippen molar-refractivity contribution < 1.29 is 14.0 Å². The predicted octanol–water partition coefficient (Wildman–Crippen LogP) is 1.70. The molecule has 0 aromatic heterocycles. The molecule has 0 aliphatic carbocycles. The highest BCUT2D eigenvalue weighted by Crippen LogP contribution is 2.22. The van der Waals surface area contributed by atoms with Crippen molar-refractivity contribution in [2.75, 3.05) is 6.54 Å². The first-order chi connectivity index (χ1) is 9.99. The number of rotatable bonds is 5. The third-order valence-corrected chi connectivity index (χ3v) is 3.91. The Morgan fingerprint density at radius 1 is 1.62 bits per heavy atom. The van der Waals surface area contributed by atoms with E-state index in [1.54, 1.807) is 19.1 Å². The van der Waals surface area contributed by atoms with Crippen LogP contribution >= 0.6 is 11.6 Å². The molecule has 114 valence electrons. The monoisotopic (exact) mass is 312 g/mol. The quantitative estimate of drug-likeness (QED) is 0.814. The first-order valence-electron chi connectivity index (χ1n) is 6.92. The summed E-state index contributed by atoms with van der Waals surface area (Å²) in [5.74, 6) is -0.298. The Morgan fingerprint density at radius 3 is 3.05 bits per heavy atom. The lowest BCUT2D eigenvalue weighted by Gasteiger charge is -2.13. The molecule has 0 unspecified atom stereocenters. The fourth-order valence-corrected chi connectivity index (χ4v) is 2.73. The molecule has 0 radical (unpaired) electrons. The van der Waals surface area contributed by atoms with Crippen molar-refractivity contribution >= 4 is 23.8 Å². The van der Waals surface area contributed by atoms with E-state index < -0.39 is 11.9 Å². The van der Waals surface area contributed by atoms with E-state index in [0.29, 0.717) is 19.3 Å². The molecule has 1 aliphatic heterocycles. The molecule has 4 nitrogen and oxygen atoms in total. The molecule has 1 aromatic rings. The van der Waals surface area contributed by atoms with Crippen LogP contribution in [0.1, 0.15) is 18.9 Å². The number of nitrogens with one attached hydrogen (secondary N) is 2. The normalized spacial score (nSPS) is 22.8. The van der Waals surface area contributed by atoms with Crippen molar-refractivity contribution in [3.8, 4) is 0 Å². The van der Waals surface area contributed by atoms with Gasteiger partial charge in [-0.05, 0) is 49.9 Å². The van der Waals surface area contributed by atoms with Crippen LogP contribution in [0.25, 0.3) is 0 Å². The Labute approximate surface area is 128 Å². The van der Waals surface area contributed by atoms with E-state index in [1.807, 2.05) is 0 Å². The molecule has 1 amide bonds. The van der Waals surface area contributed by atoms with E-state index in [-0.39, 0.29) is 22.9 Å². The lowest BCUT2D eigenvalue weighted by atomic mass is 9.96. The van der Waals surface area contributed by atoms with Crippen LogP contribution in [0, 0.1) is 11.7 Å². The fraction of sp³-hybridized carbons (Fsp3) is 0.467. The van der Waals surface area contributed by atoms with E-state index in [0.717, 1.165) is 12.0 Å². The van der Waals surface area contributed by atoms with Crippen molar-refractivity contribution in [3.63, 3.8) is 0 Å². The van der Waals surface area contributed by atoms with Gasteiger partial charge in [-0.25, -0.2) is 4.39 Å². The van der Waals surface area contributed by atoms with Gasteiger partial charge in [0.25, 0.3) is 0 Å². The fourth-order valence-electron chi connectivity index (χ4n) is 2.52. The molecule has 0 spiro atoms. The number of hydrogen-bond acceptors (Lipinski definition) is 3. The summed E-state index contributed by atoms with van der Waals surface area (Å²) in [6, 6.07) is 3.93. The molecule has 0 bridgehead atoms. The van der Waals surface area contributed by atoms with Crippen LogP contribution in [0.15, 0.2) is 18.2 Å². The Morgan fingerprint density at radius 2 is 2.38 bits per heavy atom. The van der Waals surface area contributed by atoms with Gasteiger partial charge >= 0.3 is 0 Å². The second-order valence-corrected chi connectivity index (χ2v) is 5.86. The topological polar surface area (TPSA) is 58.2 Å². The maximum atomic E-state index is 13.1. The van der Waals surface area contributed by atoms with Crippen LogP contribution in [-0.2, 0) is 16.0 Å². The summed E-state index contributed by atoms with van der Waals surface area (Å²) < 4.78 is 13.1. The van der Waals surface area contributed by atoms with E-state index in [2.05, 4.69) is 10.6 Å². The summed E-state index contributed by atoms with van der Waals surface area (Å²) in [6.45, 7) is 2.35. The number of carbonyl (C=O) groups is 2. The summed E-state index contributed by atoms with van der Waals surface area (Å²) >= 11 is 5.76. The number of halogens is 2. The first-order valence-corrected chi connectivity index (χ1v) is 7.30. The number of benzene rings is 1. The molecule has 1 saturated heterocycles. The van der Waals surface area contributed by atoms with Crippen LogP contribution in [0.5, 0.6) is 0 Å². The molecule has 1 aromatic carbocycles. The standard InChI is InChI=1S/C15H18ClFN2O2/c1-9(8-20)19-15(21)14-6-11(7-18-14)4-10-2-3-13(17)12(16)5-10/h2-3,5,8-9,11,14,18H,4,6-7H2,1H3,(H,19,21)/t9-,11-,14+/m0/s1. The first kappa shape index (κ1) is 15.9. The van der Waals surface area contributed by atoms with Gasteiger partial charge < -0.3 is 15.4 Å². The summed E-state index contributed by atoms with van der Waals surface area (Å²) in [5.41, 5.74) is 0.954. The van der Waals surface area contributed by atoms with Crippen molar-refractivity contribution in [2.45, 2.75) is 31.8 Å². The molecule has 1 heterocycles. The Hall–Kier alpha value is -1.46. The summed E-state index contributed by atoms with van der Waals surface area (Å²) in [4.78, 5) is 22.5. The Kier molecular flexibility index (Phi) is 5.31. The van der Waals surface area contributed by atoms with Crippen molar-refractivity contribution in [2.24, 2.45) is 5.92 Å². The zero-order valence-electron chi connectivity index (χ0n) is 11.7. The van der Waals surface area contributed by atoms with Gasteiger partial charge in [-0.3, -0.25) is 4.79 Å². The predicted molar refractivity (Wildman–Crippen MR) is 78.7 cm³/mol. The third kappa shape index (κ3) is 4.25. The summed E-state index contributed by atoms with van der Waals surface area (Å²) in [7, 11) is 0. The zero-order valence-corrected chi connectivity index (χ0v) is 12.5. The molecular weight excluding hydrogens is 295 g/mol. The van der Waals surface area contributed by atoms with Gasteiger partial charge in [0.1, 0.15) is 12.1 Å². The van der Waals surface area contributed by atoms with E-state index in [1.165, 1.54) is 6.07 Å². The smallest absolute Gasteiger partial charge is 0.237 e. The van der Waals surface area contributed by atoms with Gasteiger partial charge in [0.15, 0.2) is 0 Å². The van der Waals surface area contributed by atoms with Crippen molar-refractivity contribution in [3.05, 3.63) is 34.6 Å². The Balaban J connectivity index is 1.88. The Bertz CT molecular complexity index is 538. The minimum absolute atomic E-state index is 0.118. The molecule has 2 N–H and O–H groups in total. The number of hydrogen-bond donors (Lipinski definition) is 2. The largest absolute Gasteiger partial charge is 0.346 e. The molecule has 1 aliphatic rings. The number of carbonyl (C=O) groups excluding carboxylic acids is 2. The molecule has 2 rings (SSSR count). The number of aldehydes is 1. The van der Waals surface area contributed by atoms with Gasteiger partial charge in [0.2, 0.25) is 5.91 Å². The van der Waals surface area contributed by atoms with Crippen LogP contribution < -0.4 is 10.6 Å². The second kappa shape index (κ2) is 7.00. The second-order valence-electron chi connectivity index (χ2n) is 5.45. The molecular formula is C15H18ClFN2O2. The van der Waals surface area contributed by atoms with Crippen molar-refractivity contribution in [1.82, 2.24) is 10.6 Å². The zero-order chi connectivity index (χ0) is 15.4. The van der Waals surface area contributed by atoms with Crippen LogP contribution in [0.4, 0.5) is 4.39 Å². The molecule has 3 atom stereocenters. The SMILES string of the molecule is C[C@@H](C=O)NC(=O)[C@H]1C[C@H](Cc2ccc(F)c(Cl)c2)CN1. The molecule has 21 heavy (non-hydrogen) atoms. The van der Waals surface area contributed by atoms with Crippen LogP contribution in [0.3, 0.4) is 0 Å². The van der Waals surface area contributed by atoms with Crippen LogP contribution in [-0.4, -0.2) is 30.8 Å².